The molecule has 0 radical (unpaired) electrons. The summed E-state index contributed by atoms with van der Waals surface area (Å²) in [6.45, 7) is 0. The number of rotatable bonds is 5. The van der Waals surface area contributed by atoms with Crippen molar-refractivity contribution in [1.82, 2.24) is 0 Å². The van der Waals surface area contributed by atoms with Crippen LogP contribution in [0.25, 0.3) is 0 Å². The van der Waals surface area contributed by atoms with E-state index in [0.29, 0.717) is 5.92 Å². The number of para-hydroxylation sites is 2. The molecular weight excluding hydrogens is 230 g/mol. The van der Waals surface area contributed by atoms with Gasteiger partial charge in [-0.2, -0.15) is 0 Å². The van der Waals surface area contributed by atoms with Crippen LogP contribution in [0.3, 0.4) is 0 Å². The molecule has 0 heterocycles. The van der Waals surface area contributed by atoms with E-state index in [-0.39, 0.29) is 12.0 Å². The van der Waals surface area contributed by atoms with Crippen molar-refractivity contribution in [3.63, 3.8) is 0 Å². The van der Waals surface area contributed by atoms with E-state index in [9.17, 15) is 4.79 Å². The third kappa shape index (κ3) is 2.58. The van der Waals surface area contributed by atoms with Gasteiger partial charge in [-0.1, -0.05) is 18.6 Å². The fraction of sp³-hybridized carbons (Fsp3) is 0.500. The molecule has 0 bridgehead atoms. The first-order valence-electron chi connectivity index (χ1n) is 6.23. The number of carbonyl (C=O) groups excluding carboxylic acids is 1. The summed E-state index contributed by atoms with van der Waals surface area (Å²) in [4.78, 5) is 11.8. The van der Waals surface area contributed by atoms with Gasteiger partial charge in [0.25, 0.3) is 0 Å². The Balaban J connectivity index is 2.14. The maximum atomic E-state index is 11.8. The van der Waals surface area contributed by atoms with Crippen molar-refractivity contribution < 1.29 is 14.3 Å². The zero-order valence-electron chi connectivity index (χ0n) is 10.8. The lowest BCUT2D eigenvalue weighted by Crippen LogP contribution is -2.41. The fourth-order valence-electron chi connectivity index (χ4n) is 2.20. The summed E-state index contributed by atoms with van der Waals surface area (Å²) < 4.78 is 10.1. The second-order valence-electron chi connectivity index (χ2n) is 4.54. The topological polar surface area (TPSA) is 47.6 Å². The van der Waals surface area contributed by atoms with E-state index in [1.165, 1.54) is 13.5 Å². The molecule has 0 saturated heterocycles. The molecule has 4 nitrogen and oxygen atoms in total. The van der Waals surface area contributed by atoms with Gasteiger partial charge in [-0.25, -0.2) is 4.79 Å². The largest absolute Gasteiger partial charge is 0.495 e. The monoisotopic (exact) mass is 249 g/mol. The van der Waals surface area contributed by atoms with E-state index < -0.39 is 0 Å². The number of nitrogens with one attached hydrogen (secondary N) is 1. The Hall–Kier alpha value is -1.71. The number of ether oxygens (including phenoxy) is 2. The quantitative estimate of drug-likeness (QED) is 0.814. The maximum Gasteiger partial charge on any atom is 0.328 e. The third-order valence-corrected chi connectivity index (χ3v) is 3.49. The number of carbonyl (C=O) groups is 1. The van der Waals surface area contributed by atoms with Crippen LogP contribution >= 0.6 is 0 Å². The van der Waals surface area contributed by atoms with Crippen LogP contribution in [0, 0.1) is 5.92 Å². The molecule has 0 aromatic heterocycles. The van der Waals surface area contributed by atoms with Crippen molar-refractivity contribution in [1.29, 1.82) is 0 Å². The Morgan fingerprint density at radius 1 is 1.33 bits per heavy atom. The molecule has 1 aromatic rings. The number of hydrogen-bond donors (Lipinski definition) is 1. The molecular formula is C14H19NO3. The predicted octanol–water partition coefficient (Wildman–Crippen LogP) is 2.45. The van der Waals surface area contributed by atoms with E-state index in [2.05, 4.69) is 5.32 Å². The van der Waals surface area contributed by atoms with Crippen molar-refractivity contribution in [2.75, 3.05) is 19.5 Å². The lowest BCUT2D eigenvalue weighted by Gasteiger charge is -2.33. The molecule has 1 aliphatic rings. The van der Waals surface area contributed by atoms with Gasteiger partial charge in [0, 0.05) is 0 Å². The standard InChI is InChI=1S/C14H19NO3/c1-17-12-9-4-3-8-11(12)15-13(14(16)18-2)10-6-5-7-10/h3-4,8-10,13,15H,5-7H2,1-2H3. The predicted molar refractivity (Wildman–Crippen MR) is 69.8 cm³/mol. The van der Waals surface area contributed by atoms with Crippen LogP contribution in [-0.4, -0.2) is 26.2 Å². The van der Waals surface area contributed by atoms with Gasteiger partial charge in [0.2, 0.25) is 0 Å². The van der Waals surface area contributed by atoms with Gasteiger partial charge in [-0.05, 0) is 30.9 Å². The summed E-state index contributed by atoms with van der Waals surface area (Å²) in [6.07, 6.45) is 3.33. The van der Waals surface area contributed by atoms with E-state index in [4.69, 9.17) is 9.47 Å². The highest BCUT2D eigenvalue weighted by molar-refractivity contribution is 5.80. The van der Waals surface area contributed by atoms with Gasteiger partial charge < -0.3 is 14.8 Å². The number of methoxy groups -OCH3 is 2. The lowest BCUT2D eigenvalue weighted by molar-refractivity contribution is -0.143. The van der Waals surface area contributed by atoms with Crippen LogP contribution in [0.2, 0.25) is 0 Å². The SMILES string of the molecule is COC(=O)C(Nc1ccccc1OC)C1CCC1. The summed E-state index contributed by atoms with van der Waals surface area (Å²) in [5.41, 5.74) is 0.835. The molecule has 98 valence electrons. The van der Waals surface area contributed by atoms with Crippen LogP contribution in [-0.2, 0) is 9.53 Å². The molecule has 1 saturated carbocycles. The molecule has 18 heavy (non-hydrogen) atoms. The third-order valence-electron chi connectivity index (χ3n) is 3.49. The molecule has 1 aliphatic carbocycles. The van der Waals surface area contributed by atoms with Crippen molar-refractivity contribution >= 4 is 11.7 Å². The van der Waals surface area contributed by atoms with Crippen LogP contribution < -0.4 is 10.1 Å². The van der Waals surface area contributed by atoms with Gasteiger partial charge in [-0.15, -0.1) is 0 Å². The summed E-state index contributed by atoms with van der Waals surface area (Å²) in [6, 6.07) is 7.32. The Morgan fingerprint density at radius 2 is 2.06 bits per heavy atom. The summed E-state index contributed by atoms with van der Waals surface area (Å²) in [7, 11) is 3.05. The highest BCUT2D eigenvalue weighted by Gasteiger charge is 2.33. The van der Waals surface area contributed by atoms with E-state index in [1.807, 2.05) is 24.3 Å². The zero-order valence-corrected chi connectivity index (χ0v) is 10.8. The van der Waals surface area contributed by atoms with Crippen LogP contribution in [0.1, 0.15) is 19.3 Å². The number of anilines is 1. The summed E-state index contributed by atoms with van der Waals surface area (Å²) in [5.74, 6) is 0.902. The van der Waals surface area contributed by atoms with Crippen LogP contribution in [0.15, 0.2) is 24.3 Å². The molecule has 0 aliphatic heterocycles. The molecule has 0 amide bonds. The Labute approximate surface area is 107 Å². The molecule has 0 spiro atoms. The van der Waals surface area contributed by atoms with Gasteiger partial charge in [0.1, 0.15) is 11.8 Å². The minimum atomic E-state index is -0.278. The van der Waals surface area contributed by atoms with Gasteiger partial charge in [0.15, 0.2) is 0 Å². The van der Waals surface area contributed by atoms with E-state index in [1.54, 1.807) is 7.11 Å². The minimum Gasteiger partial charge on any atom is -0.495 e. The van der Waals surface area contributed by atoms with E-state index >= 15 is 0 Å². The molecule has 1 aromatic carbocycles. The highest BCUT2D eigenvalue weighted by atomic mass is 16.5. The lowest BCUT2D eigenvalue weighted by atomic mass is 9.79. The normalized spacial score (nSPS) is 16.6. The molecule has 1 fully saturated rings. The van der Waals surface area contributed by atoms with Gasteiger partial charge in [0.05, 0.1) is 19.9 Å². The minimum absolute atomic E-state index is 0.203. The van der Waals surface area contributed by atoms with Crippen LogP contribution in [0.5, 0.6) is 5.75 Å². The fourth-order valence-corrected chi connectivity index (χ4v) is 2.20. The highest BCUT2D eigenvalue weighted by Crippen LogP contribution is 2.33. The maximum absolute atomic E-state index is 11.8. The molecule has 1 atom stereocenters. The Morgan fingerprint density at radius 3 is 2.61 bits per heavy atom. The van der Waals surface area contributed by atoms with Gasteiger partial charge in [-0.3, -0.25) is 0 Å². The molecule has 1 unspecified atom stereocenters. The first-order chi connectivity index (χ1) is 8.76. The van der Waals surface area contributed by atoms with E-state index in [0.717, 1.165) is 24.3 Å². The Kier molecular flexibility index (Phi) is 4.07. The Bertz CT molecular complexity index is 415. The van der Waals surface area contributed by atoms with Crippen molar-refractivity contribution in [2.45, 2.75) is 25.3 Å². The van der Waals surface area contributed by atoms with Crippen LogP contribution in [0.4, 0.5) is 5.69 Å². The smallest absolute Gasteiger partial charge is 0.328 e. The number of hydrogen-bond acceptors (Lipinski definition) is 4. The van der Waals surface area contributed by atoms with Crippen molar-refractivity contribution in [2.24, 2.45) is 5.92 Å². The number of benzene rings is 1. The molecule has 2 rings (SSSR count). The first-order valence-corrected chi connectivity index (χ1v) is 6.23. The second kappa shape index (κ2) is 5.76. The average molecular weight is 249 g/mol. The van der Waals surface area contributed by atoms with Gasteiger partial charge >= 0.3 is 5.97 Å². The van der Waals surface area contributed by atoms with Crippen molar-refractivity contribution in [3.8, 4) is 5.75 Å². The summed E-state index contributed by atoms with van der Waals surface area (Å²) in [5, 5.41) is 3.25. The van der Waals surface area contributed by atoms with Crippen molar-refractivity contribution in [3.05, 3.63) is 24.3 Å². The number of esters is 1. The molecule has 1 N–H and O–H groups in total. The average Bonchev–Trinajstić information content (AvgIpc) is 2.35. The zero-order chi connectivity index (χ0) is 13.0. The summed E-state index contributed by atoms with van der Waals surface area (Å²) >= 11 is 0. The second-order valence-corrected chi connectivity index (χ2v) is 4.54. The first kappa shape index (κ1) is 12.7. The molecule has 4 heteroatoms.